The van der Waals surface area contributed by atoms with Crippen LogP contribution in [-0.4, -0.2) is 42.3 Å². The fraction of sp³-hybridized carbons (Fsp3) is 0.364. The van der Waals surface area contributed by atoms with Gasteiger partial charge in [-0.1, -0.05) is 23.2 Å². The average molecular weight is 275 g/mol. The fourth-order valence-corrected chi connectivity index (χ4v) is 2.39. The summed E-state index contributed by atoms with van der Waals surface area (Å²) in [5.74, 6) is 0. The largest absolute Gasteiger partial charge is 0.465 e. The fourth-order valence-electron chi connectivity index (χ4n) is 1.88. The molecule has 92 valence electrons. The number of benzene rings is 1. The Morgan fingerprint density at radius 2 is 1.59 bits per heavy atom. The molecule has 6 heteroatoms. The van der Waals surface area contributed by atoms with E-state index < -0.39 is 6.09 Å². The normalized spacial score (nSPS) is 16.1. The second-order valence-electron chi connectivity index (χ2n) is 3.88. The molecule has 0 atom stereocenters. The van der Waals surface area contributed by atoms with E-state index in [-0.39, 0.29) is 0 Å². The minimum absolute atomic E-state index is 0.499. The number of anilines is 1. The SMILES string of the molecule is O=C(O)N1CCN(c2cc(Cl)cc(Cl)c2)CC1. The zero-order valence-electron chi connectivity index (χ0n) is 9.07. The second-order valence-corrected chi connectivity index (χ2v) is 4.76. The van der Waals surface area contributed by atoms with E-state index in [1.165, 1.54) is 4.90 Å². The molecule has 0 unspecified atom stereocenters. The third-order valence-electron chi connectivity index (χ3n) is 2.76. The summed E-state index contributed by atoms with van der Waals surface area (Å²) < 4.78 is 0. The number of halogens is 2. The first-order chi connectivity index (χ1) is 8.06. The Kier molecular flexibility index (Phi) is 3.64. The number of rotatable bonds is 1. The third-order valence-corrected chi connectivity index (χ3v) is 3.20. The Balaban J connectivity index is 2.07. The van der Waals surface area contributed by atoms with E-state index in [0.717, 1.165) is 5.69 Å². The van der Waals surface area contributed by atoms with Crippen LogP contribution < -0.4 is 4.90 Å². The molecule has 0 spiro atoms. The van der Waals surface area contributed by atoms with Crippen LogP contribution in [0.3, 0.4) is 0 Å². The molecule has 2 rings (SSSR count). The van der Waals surface area contributed by atoms with Crippen molar-refractivity contribution >= 4 is 35.0 Å². The van der Waals surface area contributed by atoms with E-state index in [4.69, 9.17) is 28.3 Å². The van der Waals surface area contributed by atoms with Gasteiger partial charge in [-0.15, -0.1) is 0 Å². The van der Waals surface area contributed by atoms with Crippen molar-refractivity contribution in [3.8, 4) is 0 Å². The highest BCUT2D eigenvalue weighted by molar-refractivity contribution is 6.35. The van der Waals surface area contributed by atoms with Crippen LogP contribution in [0.15, 0.2) is 18.2 Å². The van der Waals surface area contributed by atoms with E-state index in [1.807, 2.05) is 12.1 Å². The van der Waals surface area contributed by atoms with Crippen molar-refractivity contribution in [2.75, 3.05) is 31.1 Å². The average Bonchev–Trinajstić information content (AvgIpc) is 2.28. The highest BCUT2D eigenvalue weighted by Crippen LogP contribution is 2.26. The molecule has 1 aliphatic rings. The van der Waals surface area contributed by atoms with Gasteiger partial charge in [0.1, 0.15) is 0 Å². The van der Waals surface area contributed by atoms with E-state index >= 15 is 0 Å². The van der Waals surface area contributed by atoms with Crippen LogP contribution in [0.4, 0.5) is 10.5 Å². The minimum Gasteiger partial charge on any atom is -0.465 e. The van der Waals surface area contributed by atoms with Crippen LogP contribution in [0.2, 0.25) is 10.0 Å². The first kappa shape index (κ1) is 12.3. The highest BCUT2D eigenvalue weighted by Gasteiger charge is 2.20. The highest BCUT2D eigenvalue weighted by atomic mass is 35.5. The van der Waals surface area contributed by atoms with Gasteiger partial charge in [0.2, 0.25) is 0 Å². The molecule has 0 aliphatic carbocycles. The molecule has 1 fully saturated rings. The van der Waals surface area contributed by atoms with Gasteiger partial charge in [0.25, 0.3) is 0 Å². The molecule has 4 nitrogen and oxygen atoms in total. The smallest absolute Gasteiger partial charge is 0.407 e. The summed E-state index contributed by atoms with van der Waals surface area (Å²) >= 11 is 11.9. The monoisotopic (exact) mass is 274 g/mol. The molecule has 0 saturated carbocycles. The number of hydrogen-bond acceptors (Lipinski definition) is 2. The lowest BCUT2D eigenvalue weighted by molar-refractivity contribution is 0.142. The van der Waals surface area contributed by atoms with Crippen molar-refractivity contribution in [1.82, 2.24) is 4.90 Å². The number of nitrogens with zero attached hydrogens (tertiary/aromatic N) is 2. The summed E-state index contributed by atoms with van der Waals surface area (Å²) in [6, 6.07) is 5.35. The van der Waals surface area contributed by atoms with Crippen molar-refractivity contribution in [3.63, 3.8) is 0 Å². The molecule has 1 heterocycles. The number of amides is 1. The summed E-state index contributed by atoms with van der Waals surface area (Å²) in [6.07, 6.45) is -0.867. The lowest BCUT2D eigenvalue weighted by Gasteiger charge is -2.34. The summed E-state index contributed by atoms with van der Waals surface area (Å²) in [5.41, 5.74) is 0.938. The van der Waals surface area contributed by atoms with Gasteiger partial charge in [0.15, 0.2) is 0 Å². The van der Waals surface area contributed by atoms with Gasteiger partial charge in [0.05, 0.1) is 0 Å². The summed E-state index contributed by atoms with van der Waals surface area (Å²) in [7, 11) is 0. The second kappa shape index (κ2) is 5.02. The summed E-state index contributed by atoms with van der Waals surface area (Å²) in [6.45, 7) is 2.31. The first-order valence-corrected chi connectivity index (χ1v) is 6.01. The number of carbonyl (C=O) groups is 1. The Hall–Kier alpha value is -1.13. The zero-order valence-corrected chi connectivity index (χ0v) is 10.6. The van der Waals surface area contributed by atoms with Crippen molar-refractivity contribution in [3.05, 3.63) is 28.2 Å². The van der Waals surface area contributed by atoms with Crippen LogP contribution in [0.1, 0.15) is 0 Å². The van der Waals surface area contributed by atoms with Crippen molar-refractivity contribution in [2.24, 2.45) is 0 Å². The molecule has 0 radical (unpaired) electrons. The molecule has 1 aromatic rings. The number of hydrogen-bond donors (Lipinski definition) is 1. The van der Waals surface area contributed by atoms with Crippen LogP contribution in [0.5, 0.6) is 0 Å². The molecular formula is C11H12Cl2N2O2. The maximum Gasteiger partial charge on any atom is 0.407 e. The van der Waals surface area contributed by atoms with Gasteiger partial charge in [0, 0.05) is 41.9 Å². The van der Waals surface area contributed by atoms with Gasteiger partial charge >= 0.3 is 6.09 Å². The Morgan fingerprint density at radius 1 is 1.06 bits per heavy atom. The lowest BCUT2D eigenvalue weighted by Crippen LogP contribution is -2.48. The maximum absolute atomic E-state index is 10.8. The van der Waals surface area contributed by atoms with Crippen LogP contribution in [-0.2, 0) is 0 Å². The Labute approximate surface area is 109 Å². The van der Waals surface area contributed by atoms with Gasteiger partial charge in [-0.3, -0.25) is 0 Å². The first-order valence-electron chi connectivity index (χ1n) is 5.25. The predicted octanol–water partition coefficient (Wildman–Crippen LogP) is 2.79. The van der Waals surface area contributed by atoms with Gasteiger partial charge in [-0.05, 0) is 18.2 Å². The number of piperazine rings is 1. The standard InChI is InChI=1S/C11H12Cl2N2O2/c12-8-5-9(13)7-10(6-8)14-1-3-15(4-2-14)11(16)17/h5-7H,1-4H2,(H,16,17). The molecule has 1 aliphatic heterocycles. The molecule has 1 aromatic carbocycles. The van der Waals surface area contributed by atoms with E-state index in [1.54, 1.807) is 6.07 Å². The van der Waals surface area contributed by atoms with Crippen LogP contribution in [0, 0.1) is 0 Å². The maximum atomic E-state index is 10.8. The third kappa shape index (κ3) is 2.96. The summed E-state index contributed by atoms with van der Waals surface area (Å²) in [4.78, 5) is 14.3. The van der Waals surface area contributed by atoms with Gasteiger partial charge in [-0.25, -0.2) is 4.79 Å². The number of carboxylic acid groups (broad SMARTS) is 1. The van der Waals surface area contributed by atoms with E-state index in [2.05, 4.69) is 4.90 Å². The van der Waals surface area contributed by atoms with Gasteiger partial charge < -0.3 is 14.9 Å². The van der Waals surface area contributed by atoms with Crippen LogP contribution >= 0.6 is 23.2 Å². The molecule has 1 amide bonds. The quantitative estimate of drug-likeness (QED) is 0.857. The minimum atomic E-state index is -0.867. The topological polar surface area (TPSA) is 43.8 Å². The zero-order chi connectivity index (χ0) is 12.4. The predicted molar refractivity (Wildman–Crippen MR) is 68.3 cm³/mol. The summed E-state index contributed by atoms with van der Waals surface area (Å²) in [5, 5.41) is 10.0. The van der Waals surface area contributed by atoms with Crippen molar-refractivity contribution in [2.45, 2.75) is 0 Å². The molecule has 1 N–H and O–H groups in total. The molecule has 17 heavy (non-hydrogen) atoms. The molecule has 1 saturated heterocycles. The Morgan fingerprint density at radius 3 is 2.06 bits per heavy atom. The molecule has 0 aromatic heterocycles. The van der Waals surface area contributed by atoms with Gasteiger partial charge in [-0.2, -0.15) is 0 Å². The lowest BCUT2D eigenvalue weighted by atomic mass is 10.2. The molecule has 0 bridgehead atoms. The Bertz CT molecular complexity index is 411. The van der Waals surface area contributed by atoms with E-state index in [9.17, 15) is 4.79 Å². The van der Waals surface area contributed by atoms with Crippen LogP contribution in [0.25, 0.3) is 0 Å². The van der Waals surface area contributed by atoms with Crippen molar-refractivity contribution in [1.29, 1.82) is 0 Å². The van der Waals surface area contributed by atoms with Crippen molar-refractivity contribution < 1.29 is 9.90 Å². The van der Waals surface area contributed by atoms with E-state index in [0.29, 0.717) is 36.2 Å². The molecular weight excluding hydrogens is 263 g/mol.